The number of carbonyl (C=O) groups is 1. The molecule has 0 aliphatic heterocycles. The minimum atomic E-state index is -0.317. The highest BCUT2D eigenvalue weighted by molar-refractivity contribution is 7.18. The van der Waals surface area contributed by atoms with Crippen molar-refractivity contribution >= 4 is 43.9 Å². The molecule has 0 fully saturated rings. The summed E-state index contributed by atoms with van der Waals surface area (Å²) in [6.45, 7) is 5.53. The van der Waals surface area contributed by atoms with E-state index in [1.54, 1.807) is 13.0 Å². The molecule has 0 atom stereocenters. The fourth-order valence-corrected chi connectivity index (χ4v) is 3.78. The van der Waals surface area contributed by atoms with Gasteiger partial charge in [0, 0.05) is 4.88 Å². The maximum atomic E-state index is 12.5. The maximum absolute atomic E-state index is 12.5. The molecule has 1 N–H and O–H groups in total. The van der Waals surface area contributed by atoms with Crippen LogP contribution in [0.4, 0.5) is 5.13 Å². The van der Waals surface area contributed by atoms with Crippen LogP contribution in [-0.2, 0) is 17.8 Å². The molecule has 3 heterocycles. The van der Waals surface area contributed by atoms with Gasteiger partial charge in [-0.2, -0.15) is 0 Å². The summed E-state index contributed by atoms with van der Waals surface area (Å²) < 4.78 is 1.38. The molecule has 0 unspecified atom stereocenters. The first-order valence-electron chi connectivity index (χ1n) is 7.07. The summed E-state index contributed by atoms with van der Waals surface area (Å²) >= 11 is 2.80. The van der Waals surface area contributed by atoms with Crippen LogP contribution >= 0.6 is 22.7 Å². The third-order valence-corrected chi connectivity index (χ3v) is 5.21. The molecular formula is C14H15N5O2S2. The number of nitrogens with one attached hydrogen (secondary N) is 1. The average Bonchev–Trinajstić information content (AvgIpc) is 3.09. The number of carbonyl (C=O) groups excluding carboxylic acids is 1. The largest absolute Gasteiger partial charge is 0.299 e. The Morgan fingerprint density at radius 3 is 2.78 bits per heavy atom. The van der Waals surface area contributed by atoms with Crippen LogP contribution in [0.2, 0.25) is 0 Å². The van der Waals surface area contributed by atoms with E-state index in [0.717, 1.165) is 16.3 Å². The van der Waals surface area contributed by atoms with Crippen LogP contribution in [0.5, 0.6) is 0 Å². The van der Waals surface area contributed by atoms with Crippen molar-refractivity contribution < 1.29 is 4.79 Å². The van der Waals surface area contributed by atoms with E-state index in [1.165, 1.54) is 27.2 Å². The van der Waals surface area contributed by atoms with E-state index in [2.05, 4.69) is 20.5 Å². The molecular weight excluding hydrogens is 334 g/mol. The van der Waals surface area contributed by atoms with Crippen LogP contribution in [0.1, 0.15) is 22.6 Å². The zero-order valence-electron chi connectivity index (χ0n) is 12.9. The normalized spacial score (nSPS) is 11.1. The number of aryl methyl sites for hydroxylation is 3. The summed E-state index contributed by atoms with van der Waals surface area (Å²) in [7, 11) is 0. The Labute approximate surface area is 140 Å². The lowest BCUT2D eigenvalue weighted by Gasteiger charge is -2.08. The van der Waals surface area contributed by atoms with Crippen molar-refractivity contribution in [2.45, 2.75) is 33.7 Å². The van der Waals surface area contributed by atoms with Crippen molar-refractivity contribution in [3.63, 3.8) is 0 Å². The second-order valence-corrected chi connectivity index (χ2v) is 7.33. The second-order valence-electron chi connectivity index (χ2n) is 5.03. The Morgan fingerprint density at radius 1 is 1.30 bits per heavy atom. The van der Waals surface area contributed by atoms with E-state index in [0.29, 0.717) is 21.2 Å². The third kappa shape index (κ3) is 3.15. The monoisotopic (exact) mass is 349 g/mol. The Morgan fingerprint density at radius 2 is 2.09 bits per heavy atom. The van der Waals surface area contributed by atoms with Crippen LogP contribution < -0.4 is 10.9 Å². The lowest BCUT2D eigenvalue weighted by molar-refractivity contribution is -0.116. The maximum Gasteiger partial charge on any atom is 0.262 e. The topological polar surface area (TPSA) is 89.8 Å². The minimum Gasteiger partial charge on any atom is -0.299 e. The van der Waals surface area contributed by atoms with Crippen LogP contribution in [0.3, 0.4) is 0 Å². The zero-order chi connectivity index (χ0) is 16.6. The van der Waals surface area contributed by atoms with Gasteiger partial charge in [0.1, 0.15) is 22.2 Å². The quantitative estimate of drug-likeness (QED) is 0.779. The molecule has 0 aliphatic carbocycles. The number of anilines is 1. The predicted octanol–water partition coefficient (Wildman–Crippen LogP) is 2.13. The molecule has 9 heteroatoms. The molecule has 0 bridgehead atoms. The van der Waals surface area contributed by atoms with Gasteiger partial charge in [-0.25, -0.2) is 4.98 Å². The smallest absolute Gasteiger partial charge is 0.262 e. The van der Waals surface area contributed by atoms with Gasteiger partial charge in [-0.1, -0.05) is 18.3 Å². The SMILES string of the molecule is CCc1nnc(NC(=O)Cn2c(C)nc3sc(C)cc3c2=O)s1. The highest BCUT2D eigenvalue weighted by atomic mass is 32.1. The van der Waals surface area contributed by atoms with Crippen LogP contribution in [0, 0.1) is 13.8 Å². The lowest BCUT2D eigenvalue weighted by atomic mass is 10.3. The third-order valence-electron chi connectivity index (χ3n) is 3.28. The van der Waals surface area contributed by atoms with Gasteiger partial charge in [0.05, 0.1) is 5.39 Å². The van der Waals surface area contributed by atoms with Crippen molar-refractivity contribution in [3.05, 3.63) is 32.1 Å². The molecule has 1 amide bonds. The number of amides is 1. The summed E-state index contributed by atoms with van der Waals surface area (Å²) in [6.07, 6.45) is 0.768. The molecule has 0 saturated carbocycles. The fraction of sp³-hybridized carbons (Fsp3) is 0.357. The van der Waals surface area contributed by atoms with Gasteiger partial charge in [-0.3, -0.25) is 19.5 Å². The van der Waals surface area contributed by atoms with Crippen molar-refractivity contribution in [3.8, 4) is 0 Å². The van der Waals surface area contributed by atoms with Crippen LogP contribution in [0.25, 0.3) is 10.2 Å². The summed E-state index contributed by atoms with van der Waals surface area (Å²) in [5, 5.41) is 12.4. The number of rotatable bonds is 4. The standard InChI is InChI=1S/C14H15N5O2S2/c1-4-11-17-18-14(23-11)16-10(20)6-19-8(3)15-12-9(13(19)21)5-7(2)22-12/h5H,4,6H2,1-3H3,(H,16,18,20). The molecule has 0 spiro atoms. The molecule has 120 valence electrons. The van der Waals surface area contributed by atoms with Crippen molar-refractivity contribution in [2.24, 2.45) is 0 Å². The number of hydrogen-bond acceptors (Lipinski definition) is 7. The molecule has 0 aliphatic rings. The lowest BCUT2D eigenvalue weighted by Crippen LogP contribution is -2.29. The number of nitrogens with zero attached hydrogens (tertiary/aromatic N) is 4. The Hall–Kier alpha value is -2.13. The minimum absolute atomic E-state index is 0.0937. The first-order chi connectivity index (χ1) is 11.0. The van der Waals surface area contributed by atoms with E-state index < -0.39 is 0 Å². The van der Waals surface area contributed by atoms with Crippen LogP contribution in [-0.4, -0.2) is 25.7 Å². The summed E-state index contributed by atoms with van der Waals surface area (Å²) in [4.78, 5) is 30.8. The Balaban J connectivity index is 1.85. The van der Waals surface area contributed by atoms with Crippen molar-refractivity contribution in [2.75, 3.05) is 5.32 Å². The second kappa shape index (κ2) is 6.17. The number of aromatic nitrogens is 4. The number of hydrogen-bond donors (Lipinski definition) is 1. The van der Waals surface area contributed by atoms with Gasteiger partial charge in [-0.05, 0) is 26.3 Å². The van der Waals surface area contributed by atoms with Crippen molar-refractivity contribution in [1.82, 2.24) is 19.7 Å². The molecule has 0 aromatic carbocycles. The van der Waals surface area contributed by atoms with Gasteiger partial charge < -0.3 is 0 Å². The first kappa shape index (κ1) is 15.8. The number of thiophene rings is 1. The Kier molecular flexibility index (Phi) is 4.22. The van der Waals surface area contributed by atoms with E-state index in [-0.39, 0.29) is 18.0 Å². The molecule has 23 heavy (non-hydrogen) atoms. The van der Waals surface area contributed by atoms with Crippen LogP contribution in [0.15, 0.2) is 10.9 Å². The van der Waals surface area contributed by atoms with Gasteiger partial charge in [-0.15, -0.1) is 21.5 Å². The Bertz CT molecular complexity index is 940. The average molecular weight is 349 g/mol. The molecule has 7 nitrogen and oxygen atoms in total. The van der Waals surface area contributed by atoms with Gasteiger partial charge in [0.15, 0.2) is 0 Å². The zero-order valence-corrected chi connectivity index (χ0v) is 14.5. The van der Waals surface area contributed by atoms with E-state index in [1.807, 2.05) is 13.8 Å². The fourth-order valence-electron chi connectivity index (χ4n) is 2.17. The molecule has 3 rings (SSSR count). The summed E-state index contributed by atoms with van der Waals surface area (Å²) in [5.41, 5.74) is -0.196. The highest BCUT2D eigenvalue weighted by Crippen LogP contribution is 2.20. The summed E-state index contributed by atoms with van der Waals surface area (Å²) in [5.74, 6) is 0.202. The van der Waals surface area contributed by atoms with Gasteiger partial charge in [0.25, 0.3) is 5.56 Å². The molecule has 0 saturated heterocycles. The van der Waals surface area contributed by atoms with E-state index in [4.69, 9.17) is 0 Å². The number of fused-ring (bicyclic) bond motifs is 1. The van der Waals surface area contributed by atoms with Crippen molar-refractivity contribution in [1.29, 1.82) is 0 Å². The molecule has 3 aromatic rings. The first-order valence-corrected chi connectivity index (χ1v) is 8.71. The predicted molar refractivity (Wildman–Crippen MR) is 91.3 cm³/mol. The summed E-state index contributed by atoms with van der Waals surface area (Å²) in [6, 6.07) is 1.81. The molecule has 3 aromatic heterocycles. The van der Waals surface area contributed by atoms with Gasteiger partial charge >= 0.3 is 0 Å². The van der Waals surface area contributed by atoms with E-state index in [9.17, 15) is 9.59 Å². The highest BCUT2D eigenvalue weighted by Gasteiger charge is 2.14. The molecule has 0 radical (unpaired) electrons. The van der Waals surface area contributed by atoms with E-state index >= 15 is 0 Å². The van der Waals surface area contributed by atoms with Gasteiger partial charge in [0.2, 0.25) is 11.0 Å².